The Balaban J connectivity index is 2.04. The third-order valence-electron chi connectivity index (χ3n) is 4.10. The van der Waals surface area contributed by atoms with Gasteiger partial charge in [-0.15, -0.1) is 0 Å². The van der Waals surface area contributed by atoms with Gasteiger partial charge in [0.15, 0.2) is 0 Å². The molecule has 3 heteroatoms. The smallest absolute Gasteiger partial charge is 0.224 e. The van der Waals surface area contributed by atoms with Gasteiger partial charge in [-0.1, -0.05) is 35.9 Å². The first-order valence-electron chi connectivity index (χ1n) is 7.90. The van der Waals surface area contributed by atoms with E-state index < -0.39 is 0 Å². The monoisotopic (exact) mass is 311 g/mol. The number of hydrogen-bond donors (Lipinski definition) is 1. The van der Waals surface area contributed by atoms with Gasteiger partial charge >= 0.3 is 0 Å². The molecule has 0 radical (unpaired) electrons. The van der Waals surface area contributed by atoms with Gasteiger partial charge in [-0.25, -0.2) is 0 Å². The number of hydrogen-bond acceptors (Lipinski definition) is 2. The van der Waals surface area contributed by atoms with Gasteiger partial charge in [-0.2, -0.15) is 0 Å². The predicted octanol–water partition coefficient (Wildman–Crippen LogP) is 4.04. The maximum absolute atomic E-state index is 12.3. The Bertz CT molecular complexity index is 707. The molecule has 0 fully saturated rings. The van der Waals surface area contributed by atoms with Crippen LogP contribution in [0.25, 0.3) is 0 Å². The first-order chi connectivity index (χ1) is 10.9. The van der Waals surface area contributed by atoms with Gasteiger partial charge in [-0.3, -0.25) is 4.79 Å². The van der Waals surface area contributed by atoms with Crippen LogP contribution in [-0.2, 0) is 11.2 Å². The van der Waals surface area contributed by atoms with Crippen molar-refractivity contribution in [2.75, 3.05) is 7.11 Å². The average molecular weight is 311 g/mol. The van der Waals surface area contributed by atoms with Gasteiger partial charge in [-0.05, 0) is 56.0 Å². The number of carbonyl (C=O) groups is 1. The number of carbonyl (C=O) groups excluding carboxylic acids is 1. The van der Waals surface area contributed by atoms with Gasteiger partial charge in [0.05, 0.1) is 19.6 Å². The van der Waals surface area contributed by atoms with Crippen molar-refractivity contribution in [2.45, 2.75) is 40.2 Å². The van der Waals surface area contributed by atoms with Crippen molar-refractivity contribution in [3.8, 4) is 5.75 Å². The van der Waals surface area contributed by atoms with Crippen LogP contribution in [0.5, 0.6) is 5.75 Å². The Labute approximate surface area is 138 Å². The molecular formula is C20H25NO2. The third-order valence-corrected chi connectivity index (χ3v) is 4.10. The zero-order valence-corrected chi connectivity index (χ0v) is 14.6. The summed E-state index contributed by atoms with van der Waals surface area (Å²) in [4.78, 5) is 12.3. The SMILES string of the molecule is COc1ccc(CC(=O)N[C@H](C)c2cc(C)ccc2C)cc1C. The van der Waals surface area contributed by atoms with Crippen LogP contribution >= 0.6 is 0 Å². The summed E-state index contributed by atoms with van der Waals surface area (Å²) >= 11 is 0. The lowest BCUT2D eigenvalue weighted by molar-refractivity contribution is -0.121. The minimum absolute atomic E-state index is 0.00162. The van der Waals surface area contributed by atoms with E-state index in [1.807, 2.05) is 32.0 Å². The lowest BCUT2D eigenvalue weighted by Gasteiger charge is -2.17. The predicted molar refractivity (Wildman–Crippen MR) is 93.9 cm³/mol. The van der Waals surface area contributed by atoms with Gasteiger partial charge in [0.2, 0.25) is 5.91 Å². The summed E-state index contributed by atoms with van der Waals surface area (Å²) in [5.74, 6) is 0.876. The van der Waals surface area contributed by atoms with Crippen LogP contribution in [0.3, 0.4) is 0 Å². The summed E-state index contributed by atoms with van der Waals surface area (Å²) in [5.41, 5.74) is 5.61. The molecule has 2 aromatic rings. The van der Waals surface area contributed by atoms with Crippen molar-refractivity contribution in [3.63, 3.8) is 0 Å². The maximum Gasteiger partial charge on any atom is 0.224 e. The average Bonchev–Trinajstić information content (AvgIpc) is 2.49. The molecule has 0 aliphatic heterocycles. The van der Waals surface area contributed by atoms with Gasteiger partial charge < -0.3 is 10.1 Å². The van der Waals surface area contributed by atoms with Crippen molar-refractivity contribution < 1.29 is 9.53 Å². The van der Waals surface area contributed by atoms with E-state index in [0.717, 1.165) is 16.9 Å². The third kappa shape index (κ3) is 4.35. The summed E-state index contributed by atoms with van der Waals surface area (Å²) < 4.78 is 5.25. The first-order valence-corrected chi connectivity index (χ1v) is 7.90. The molecule has 0 unspecified atom stereocenters. The second-order valence-electron chi connectivity index (χ2n) is 6.13. The van der Waals surface area contributed by atoms with Crippen LogP contribution in [0.1, 0.15) is 40.8 Å². The standard InChI is InChI=1S/C20H25NO2/c1-13-6-7-14(2)18(10-13)16(4)21-20(22)12-17-8-9-19(23-5)15(3)11-17/h6-11,16H,12H2,1-5H3,(H,21,22)/t16-/m1/s1. The topological polar surface area (TPSA) is 38.3 Å². The van der Waals surface area contributed by atoms with Gasteiger partial charge in [0.25, 0.3) is 0 Å². The van der Waals surface area contributed by atoms with Crippen molar-refractivity contribution in [1.29, 1.82) is 0 Å². The molecule has 2 rings (SSSR count). The molecule has 0 aliphatic rings. The second kappa shape index (κ2) is 7.32. The second-order valence-corrected chi connectivity index (χ2v) is 6.13. The molecule has 3 nitrogen and oxygen atoms in total. The highest BCUT2D eigenvalue weighted by Crippen LogP contribution is 2.20. The van der Waals surface area contributed by atoms with E-state index in [0.29, 0.717) is 6.42 Å². The Hall–Kier alpha value is -2.29. The zero-order valence-electron chi connectivity index (χ0n) is 14.6. The molecule has 1 amide bonds. The molecular weight excluding hydrogens is 286 g/mol. The molecule has 23 heavy (non-hydrogen) atoms. The first kappa shape index (κ1) is 17.1. The van der Waals surface area contributed by atoms with Gasteiger partial charge in [0, 0.05) is 0 Å². The van der Waals surface area contributed by atoms with Crippen LogP contribution < -0.4 is 10.1 Å². The molecule has 0 heterocycles. The number of benzene rings is 2. The van der Waals surface area contributed by atoms with Crippen LogP contribution in [0.2, 0.25) is 0 Å². The lowest BCUT2D eigenvalue weighted by Crippen LogP contribution is -2.28. The molecule has 1 N–H and O–H groups in total. The van der Waals surface area contributed by atoms with E-state index in [9.17, 15) is 4.79 Å². The number of methoxy groups -OCH3 is 1. The summed E-state index contributed by atoms with van der Waals surface area (Å²) in [7, 11) is 1.65. The number of aryl methyl sites for hydroxylation is 3. The normalized spacial score (nSPS) is 11.9. The van der Waals surface area contributed by atoms with Crippen LogP contribution in [0.4, 0.5) is 0 Å². The molecule has 1 atom stereocenters. The van der Waals surface area contributed by atoms with E-state index in [4.69, 9.17) is 4.74 Å². The number of ether oxygens (including phenoxy) is 1. The quantitative estimate of drug-likeness (QED) is 0.905. The fourth-order valence-electron chi connectivity index (χ4n) is 2.83. The van der Waals surface area contributed by atoms with Gasteiger partial charge in [0.1, 0.15) is 5.75 Å². The molecule has 122 valence electrons. The number of nitrogens with one attached hydrogen (secondary N) is 1. The fourth-order valence-corrected chi connectivity index (χ4v) is 2.83. The molecule has 0 bridgehead atoms. The molecule has 0 aromatic heterocycles. The minimum atomic E-state index is 0.00162. The Morgan fingerprint density at radius 1 is 1.09 bits per heavy atom. The van der Waals surface area contributed by atoms with Crippen molar-refractivity contribution in [1.82, 2.24) is 5.32 Å². The zero-order chi connectivity index (χ0) is 17.0. The minimum Gasteiger partial charge on any atom is -0.496 e. The number of amides is 1. The van der Waals surface area contributed by atoms with E-state index >= 15 is 0 Å². The van der Waals surface area contributed by atoms with E-state index in [-0.39, 0.29) is 11.9 Å². The molecule has 0 spiro atoms. The Kier molecular flexibility index (Phi) is 5.43. The van der Waals surface area contributed by atoms with Crippen LogP contribution in [0, 0.1) is 20.8 Å². The summed E-state index contributed by atoms with van der Waals surface area (Å²) in [6.07, 6.45) is 0.375. The van der Waals surface area contributed by atoms with Crippen LogP contribution in [-0.4, -0.2) is 13.0 Å². The van der Waals surface area contributed by atoms with Crippen molar-refractivity contribution in [3.05, 3.63) is 64.2 Å². The molecule has 2 aromatic carbocycles. The Morgan fingerprint density at radius 2 is 1.83 bits per heavy atom. The maximum atomic E-state index is 12.3. The highest BCUT2D eigenvalue weighted by molar-refractivity contribution is 5.79. The van der Waals surface area contributed by atoms with E-state index in [1.165, 1.54) is 16.7 Å². The number of rotatable bonds is 5. The van der Waals surface area contributed by atoms with Crippen LogP contribution in [0.15, 0.2) is 36.4 Å². The summed E-state index contributed by atoms with van der Waals surface area (Å²) in [6, 6.07) is 12.2. The highest BCUT2D eigenvalue weighted by atomic mass is 16.5. The molecule has 0 saturated heterocycles. The molecule has 0 aliphatic carbocycles. The molecule has 0 saturated carbocycles. The fraction of sp³-hybridized carbons (Fsp3) is 0.350. The van der Waals surface area contributed by atoms with Crippen molar-refractivity contribution in [2.24, 2.45) is 0 Å². The Morgan fingerprint density at radius 3 is 2.48 bits per heavy atom. The van der Waals surface area contributed by atoms with E-state index in [2.05, 4.69) is 37.4 Å². The summed E-state index contributed by atoms with van der Waals surface area (Å²) in [6.45, 7) is 8.15. The highest BCUT2D eigenvalue weighted by Gasteiger charge is 2.13. The lowest BCUT2D eigenvalue weighted by atomic mass is 9.99. The van der Waals surface area contributed by atoms with E-state index in [1.54, 1.807) is 7.11 Å². The summed E-state index contributed by atoms with van der Waals surface area (Å²) in [5, 5.41) is 3.09. The van der Waals surface area contributed by atoms with Crippen molar-refractivity contribution >= 4 is 5.91 Å². The largest absolute Gasteiger partial charge is 0.496 e.